The normalized spacial score (nSPS) is 8.94. The van der Waals surface area contributed by atoms with Crippen LogP contribution < -0.4 is 11.1 Å². The van der Waals surface area contributed by atoms with Crippen LogP contribution in [0.4, 0.5) is 0 Å². The fourth-order valence-electron chi connectivity index (χ4n) is 0.902. The van der Waals surface area contributed by atoms with Crippen LogP contribution in [-0.4, -0.2) is 25.8 Å². The minimum atomic E-state index is -0.322. The summed E-state index contributed by atoms with van der Waals surface area (Å²) in [5, 5.41) is 3.12. The van der Waals surface area contributed by atoms with Gasteiger partial charge in [-0.1, -0.05) is 17.7 Å². The lowest BCUT2D eigenvalue weighted by molar-refractivity contribution is -0.117. The van der Waals surface area contributed by atoms with Gasteiger partial charge in [0.1, 0.15) is 0 Å². The molecule has 0 fully saturated rings. The van der Waals surface area contributed by atoms with E-state index in [4.69, 9.17) is 17.3 Å². The second kappa shape index (κ2) is 7.84. The number of hydrogen-bond acceptors (Lipinski definition) is 3. The maximum Gasteiger partial charge on any atom is 0.231 e. The van der Waals surface area contributed by atoms with Crippen molar-refractivity contribution in [1.82, 2.24) is 5.32 Å². The number of nitrogens with two attached hydrogens (primary N) is 1. The maximum absolute atomic E-state index is 10.3. The van der Waals surface area contributed by atoms with Crippen LogP contribution in [0, 0.1) is 6.92 Å². The number of amides is 1. The Labute approximate surface area is 99.8 Å². The van der Waals surface area contributed by atoms with Crippen molar-refractivity contribution in [2.75, 3.05) is 13.6 Å². The Morgan fingerprint density at radius 2 is 2.19 bits per heavy atom. The highest BCUT2D eigenvalue weighted by Crippen LogP contribution is 2.14. The first-order valence-electron chi connectivity index (χ1n) is 4.65. The van der Waals surface area contributed by atoms with Crippen molar-refractivity contribution in [3.8, 4) is 0 Å². The van der Waals surface area contributed by atoms with Crippen LogP contribution in [0.2, 0.25) is 5.02 Å². The molecule has 0 aliphatic carbocycles. The molecule has 16 heavy (non-hydrogen) atoms. The van der Waals surface area contributed by atoms with Crippen LogP contribution >= 0.6 is 11.6 Å². The molecule has 1 amide bonds. The molecule has 0 spiro atoms. The van der Waals surface area contributed by atoms with Crippen molar-refractivity contribution in [1.29, 1.82) is 0 Å². The van der Waals surface area contributed by atoms with Gasteiger partial charge < -0.3 is 11.1 Å². The SMILES string of the molecule is CNCC(N)=O.Cc1ccc(C=O)c(Cl)c1. The van der Waals surface area contributed by atoms with Gasteiger partial charge in [-0.25, -0.2) is 0 Å². The van der Waals surface area contributed by atoms with E-state index < -0.39 is 0 Å². The molecule has 0 aromatic heterocycles. The zero-order valence-electron chi connectivity index (χ0n) is 9.29. The third-order valence-corrected chi connectivity index (χ3v) is 1.96. The zero-order valence-corrected chi connectivity index (χ0v) is 10.0. The summed E-state index contributed by atoms with van der Waals surface area (Å²) in [5.74, 6) is -0.322. The monoisotopic (exact) mass is 242 g/mol. The summed E-state index contributed by atoms with van der Waals surface area (Å²) in [5.41, 5.74) is 6.32. The van der Waals surface area contributed by atoms with Gasteiger partial charge in [-0.05, 0) is 31.7 Å². The van der Waals surface area contributed by atoms with Crippen LogP contribution in [0.1, 0.15) is 15.9 Å². The molecule has 0 saturated carbocycles. The molecule has 0 saturated heterocycles. The number of nitrogens with one attached hydrogen (secondary N) is 1. The van der Waals surface area contributed by atoms with Crippen LogP contribution in [0.25, 0.3) is 0 Å². The Morgan fingerprint density at radius 3 is 2.50 bits per heavy atom. The predicted molar refractivity (Wildman–Crippen MR) is 64.7 cm³/mol. The number of carbonyl (C=O) groups excluding carboxylic acids is 2. The molecule has 5 heteroatoms. The molecule has 1 aromatic rings. The van der Waals surface area contributed by atoms with E-state index in [-0.39, 0.29) is 12.5 Å². The van der Waals surface area contributed by atoms with Crippen LogP contribution in [0.5, 0.6) is 0 Å². The summed E-state index contributed by atoms with van der Waals surface area (Å²) in [4.78, 5) is 20.0. The second-order valence-corrected chi connectivity index (χ2v) is 3.55. The molecule has 0 aliphatic heterocycles. The molecule has 0 atom stereocenters. The van der Waals surface area contributed by atoms with E-state index in [1.54, 1.807) is 19.2 Å². The molecule has 1 aromatic carbocycles. The second-order valence-electron chi connectivity index (χ2n) is 3.14. The minimum absolute atomic E-state index is 0.264. The first-order valence-corrected chi connectivity index (χ1v) is 5.03. The molecule has 0 radical (unpaired) electrons. The highest BCUT2D eigenvalue weighted by Gasteiger charge is 1.96. The fraction of sp³-hybridized carbons (Fsp3) is 0.273. The van der Waals surface area contributed by atoms with E-state index in [2.05, 4.69) is 5.32 Å². The molecule has 88 valence electrons. The minimum Gasteiger partial charge on any atom is -0.369 e. The van der Waals surface area contributed by atoms with E-state index >= 15 is 0 Å². The molecule has 0 unspecified atom stereocenters. The Kier molecular flexibility index (Phi) is 7.16. The number of halogens is 1. The van der Waals surface area contributed by atoms with Gasteiger partial charge in [-0.2, -0.15) is 0 Å². The van der Waals surface area contributed by atoms with Crippen LogP contribution in [0.3, 0.4) is 0 Å². The third-order valence-electron chi connectivity index (χ3n) is 1.63. The lowest BCUT2D eigenvalue weighted by atomic mass is 10.2. The lowest BCUT2D eigenvalue weighted by Crippen LogP contribution is -2.25. The summed E-state index contributed by atoms with van der Waals surface area (Å²) in [6.45, 7) is 2.19. The number of rotatable bonds is 3. The summed E-state index contributed by atoms with van der Waals surface area (Å²) >= 11 is 5.70. The Morgan fingerprint density at radius 1 is 1.56 bits per heavy atom. The highest BCUT2D eigenvalue weighted by atomic mass is 35.5. The van der Waals surface area contributed by atoms with Gasteiger partial charge in [0.05, 0.1) is 11.6 Å². The predicted octanol–water partition coefficient (Wildman–Crippen LogP) is 1.15. The Balaban J connectivity index is 0.000000325. The van der Waals surface area contributed by atoms with Gasteiger partial charge >= 0.3 is 0 Å². The molecule has 1 rings (SSSR count). The fourth-order valence-corrected chi connectivity index (χ4v) is 1.18. The standard InChI is InChI=1S/C8H7ClO.C3H8N2O/c1-6-2-3-7(5-10)8(9)4-6;1-5-2-3(4)6/h2-5H,1H3;5H,2H2,1H3,(H2,4,6). The van der Waals surface area contributed by atoms with Gasteiger partial charge in [-0.3, -0.25) is 9.59 Å². The Hall–Kier alpha value is -1.39. The quantitative estimate of drug-likeness (QED) is 0.781. The summed E-state index contributed by atoms with van der Waals surface area (Å²) in [7, 11) is 1.67. The van der Waals surface area contributed by atoms with E-state index in [0.717, 1.165) is 11.8 Å². The summed E-state index contributed by atoms with van der Waals surface area (Å²) in [6, 6.07) is 5.34. The third kappa shape index (κ3) is 6.16. The number of carbonyl (C=O) groups is 2. The first-order chi connectivity index (χ1) is 7.51. The van der Waals surface area contributed by atoms with Crippen molar-refractivity contribution in [2.45, 2.75) is 6.92 Å². The van der Waals surface area contributed by atoms with Gasteiger partial charge in [-0.15, -0.1) is 0 Å². The molecule has 4 nitrogen and oxygen atoms in total. The number of hydrogen-bond donors (Lipinski definition) is 2. The number of primary amides is 1. The van der Waals surface area contributed by atoms with E-state index in [1.165, 1.54) is 0 Å². The highest BCUT2D eigenvalue weighted by molar-refractivity contribution is 6.33. The molecule has 0 heterocycles. The largest absolute Gasteiger partial charge is 0.369 e. The van der Waals surface area contributed by atoms with Crippen LogP contribution in [-0.2, 0) is 4.79 Å². The molecular weight excluding hydrogens is 228 g/mol. The molecule has 0 bridgehead atoms. The van der Waals surface area contributed by atoms with Crippen molar-refractivity contribution >= 4 is 23.8 Å². The smallest absolute Gasteiger partial charge is 0.231 e. The zero-order chi connectivity index (χ0) is 12.6. The molecular formula is C11H15ClN2O2. The average molecular weight is 243 g/mol. The number of likely N-dealkylation sites (N-methyl/N-ethyl adjacent to an activating group) is 1. The molecule has 3 N–H and O–H groups in total. The van der Waals surface area contributed by atoms with Gasteiger partial charge in [0.2, 0.25) is 5.91 Å². The van der Waals surface area contributed by atoms with E-state index in [0.29, 0.717) is 10.6 Å². The Bertz CT molecular complexity index is 367. The van der Waals surface area contributed by atoms with E-state index in [1.807, 2.05) is 13.0 Å². The topological polar surface area (TPSA) is 72.2 Å². The van der Waals surface area contributed by atoms with Crippen LogP contribution in [0.15, 0.2) is 18.2 Å². The van der Waals surface area contributed by atoms with Crippen molar-refractivity contribution in [3.05, 3.63) is 34.3 Å². The van der Waals surface area contributed by atoms with Crippen molar-refractivity contribution in [2.24, 2.45) is 5.73 Å². The first kappa shape index (κ1) is 14.6. The summed E-state index contributed by atoms with van der Waals surface area (Å²) in [6.07, 6.45) is 0.752. The van der Waals surface area contributed by atoms with Crippen molar-refractivity contribution < 1.29 is 9.59 Å². The van der Waals surface area contributed by atoms with Gasteiger partial charge in [0.15, 0.2) is 6.29 Å². The number of aryl methyl sites for hydroxylation is 1. The maximum atomic E-state index is 10.3. The average Bonchev–Trinajstić information content (AvgIpc) is 2.18. The van der Waals surface area contributed by atoms with Crippen molar-refractivity contribution in [3.63, 3.8) is 0 Å². The van der Waals surface area contributed by atoms with Gasteiger partial charge in [0.25, 0.3) is 0 Å². The summed E-state index contributed by atoms with van der Waals surface area (Å²) < 4.78 is 0. The number of benzene rings is 1. The van der Waals surface area contributed by atoms with E-state index in [9.17, 15) is 9.59 Å². The molecule has 0 aliphatic rings. The number of aldehydes is 1. The lowest BCUT2D eigenvalue weighted by Gasteiger charge is -1.95. The van der Waals surface area contributed by atoms with Gasteiger partial charge in [0, 0.05) is 5.56 Å².